The maximum Gasteiger partial charge on any atom is 0.124 e. The van der Waals surface area contributed by atoms with Crippen molar-refractivity contribution in [2.24, 2.45) is 5.41 Å². The first-order valence-corrected chi connectivity index (χ1v) is 5.84. The van der Waals surface area contributed by atoms with Crippen LogP contribution in [0.25, 0.3) is 0 Å². The van der Waals surface area contributed by atoms with E-state index < -0.39 is 0 Å². The van der Waals surface area contributed by atoms with Crippen LogP contribution >= 0.6 is 23.2 Å². The summed E-state index contributed by atoms with van der Waals surface area (Å²) in [6.45, 7) is 5.15. The normalized spacial score (nSPS) is 18.9. The fourth-order valence-electron chi connectivity index (χ4n) is 1.72. The third-order valence-electron chi connectivity index (χ3n) is 2.79. The van der Waals surface area contributed by atoms with Crippen molar-refractivity contribution in [1.29, 1.82) is 0 Å². The van der Waals surface area contributed by atoms with Crippen LogP contribution in [0.1, 0.15) is 25.8 Å². The summed E-state index contributed by atoms with van der Waals surface area (Å²) in [5.41, 5.74) is 1.38. The second kappa shape index (κ2) is 3.88. The quantitative estimate of drug-likeness (QED) is 0.660. The molecule has 1 heterocycles. The van der Waals surface area contributed by atoms with Crippen molar-refractivity contribution < 1.29 is 4.74 Å². The molecule has 0 unspecified atom stereocenters. The predicted molar refractivity (Wildman–Crippen MR) is 64.1 cm³/mol. The molecule has 0 saturated carbocycles. The molecule has 0 fully saturated rings. The van der Waals surface area contributed by atoms with Gasteiger partial charge in [-0.2, -0.15) is 0 Å². The monoisotopic (exact) mass is 244 g/mol. The molecule has 0 bridgehead atoms. The van der Waals surface area contributed by atoms with E-state index in [1.165, 1.54) is 0 Å². The second-order valence-corrected chi connectivity index (χ2v) is 5.64. The van der Waals surface area contributed by atoms with Gasteiger partial charge in [-0.3, -0.25) is 0 Å². The van der Waals surface area contributed by atoms with E-state index >= 15 is 0 Å². The molecule has 82 valence electrons. The van der Waals surface area contributed by atoms with Gasteiger partial charge in [0.05, 0.1) is 16.7 Å². The first-order chi connectivity index (χ1) is 6.98. The van der Waals surface area contributed by atoms with Gasteiger partial charge in [-0.05, 0) is 29.9 Å². The molecule has 3 heteroatoms. The SMILES string of the molecule is CC1(C)CCc2cc(Cl)c(Cl)cc2OC1. The van der Waals surface area contributed by atoms with Crippen molar-refractivity contribution >= 4 is 23.2 Å². The first kappa shape index (κ1) is 11.1. The number of fused-ring (bicyclic) bond motifs is 1. The summed E-state index contributed by atoms with van der Waals surface area (Å²) < 4.78 is 5.76. The highest BCUT2D eigenvalue weighted by atomic mass is 35.5. The molecular weight excluding hydrogens is 231 g/mol. The van der Waals surface area contributed by atoms with Gasteiger partial charge < -0.3 is 4.74 Å². The van der Waals surface area contributed by atoms with E-state index in [0.29, 0.717) is 10.0 Å². The second-order valence-electron chi connectivity index (χ2n) is 4.83. The van der Waals surface area contributed by atoms with E-state index in [-0.39, 0.29) is 5.41 Å². The van der Waals surface area contributed by atoms with Gasteiger partial charge >= 0.3 is 0 Å². The Bertz CT molecular complexity index is 350. The highest BCUT2D eigenvalue weighted by Gasteiger charge is 2.24. The standard InChI is InChI=1S/C12H14Cl2O/c1-12(2)4-3-8-5-9(13)10(14)6-11(8)15-7-12/h5-6H,3-4,7H2,1-2H3. The van der Waals surface area contributed by atoms with Crippen LogP contribution in [0.2, 0.25) is 10.0 Å². The Morgan fingerprint density at radius 1 is 1.20 bits per heavy atom. The van der Waals surface area contributed by atoms with E-state index in [1.807, 2.05) is 12.1 Å². The fourth-order valence-corrected chi connectivity index (χ4v) is 2.06. The average Bonchev–Trinajstić information content (AvgIpc) is 2.29. The van der Waals surface area contributed by atoms with Gasteiger partial charge in [-0.15, -0.1) is 0 Å². The molecule has 2 rings (SSSR count). The van der Waals surface area contributed by atoms with Crippen LogP contribution in [-0.4, -0.2) is 6.61 Å². The number of rotatable bonds is 0. The molecule has 0 radical (unpaired) electrons. The van der Waals surface area contributed by atoms with Crippen molar-refractivity contribution in [1.82, 2.24) is 0 Å². The van der Waals surface area contributed by atoms with Crippen molar-refractivity contribution in [3.05, 3.63) is 27.7 Å². The molecule has 0 aromatic heterocycles. The number of hydrogen-bond acceptors (Lipinski definition) is 1. The van der Waals surface area contributed by atoms with Gasteiger partial charge in [-0.1, -0.05) is 37.0 Å². The van der Waals surface area contributed by atoms with Crippen molar-refractivity contribution in [3.8, 4) is 5.75 Å². The first-order valence-electron chi connectivity index (χ1n) is 5.09. The maximum atomic E-state index is 5.98. The third kappa shape index (κ3) is 2.40. The number of benzene rings is 1. The molecule has 0 amide bonds. The van der Waals surface area contributed by atoms with Gasteiger partial charge in [0, 0.05) is 6.07 Å². The Labute approximate surface area is 100 Å². The lowest BCUT2D eigenvalue weighted by Crippen LogP contribution is -2.19. The number of ether oxygens (including phenoxy) is 1. The van der Waals surface area contributed by atoms with E-state index in [4.69, 9.17) is 27.9 Å². The smallest absolute Gasteiger partial charge is 0.124 e. The van der Waals surface area contributed by atoms with E-state index in [0.717, 1.165) is 30.8 Å². The summed E-state index contributed by atoms with van der Waals surface area (Å²) in [6.07, 6.45) is 2.11. The van der Waals surface area contributed by atoms with Gasteiger partial charge in [0.1, 0.15) is 5.75 Å². The molecule has 0 aliphatic carbocycles. The van der Waals surface area contributed by atoms with Gasteiger partial charge in [0.15, 0.2) is 0 Å². The van der Waals surface area contributed by atoms with E-state index in [1.54, 1.807) is 0 Å². The Hall–Kier alpha value is -0.400. The van der Waals surface area contributed by atoms with Gasteiger partial charge in [-0.25, -0.2) is 0 Å². The molecule has 1 aromatic rings. The minimum Gasteiger partial charge on any atom is -0.493 e. The zero-order valence-corrected chi connectivity index (χ0v) is 10.5. The van der Waals surface area contributed by atoms with Crippen molar-refractivity contribution in [2.45, 2.75) is 26.7 Å². The Morgan fingerprint density at radius 3 is 2.60 bits per heavy atom. The Morgan fingerprint density at radius 2 is 1.87 bits per heavy atom. The van der Waals surface area contributed by atoms with Crippen LogP contribution in [0.3, 0.4) is 0 Å². The third-order valence-corrected chi connectivity index (χ3v) is 3.52. The largest absolute Gasteiger partial charge is 0.493 e. The molecule has 1 nitrogen and oxygen atoms in total. The molecular formula is C12H14Cl2O. The Kier molecular flexibility index (Phi) is 2.87. The summed E-state index contributed by atoms with van der Waals surface area (Å²) in [4.78, 5) is 0. The molecule has 0 N–H and O–H groups in total. The minimum atomic E-state index is 0.220. The lowest BCUT2D eigenvalue weighted by molar-refractivity contribution is 0.182. The van der Waals surface area contributed by atoms with Crippen LogP contribution in [0, 0.1) is 5.41 Å². The molecule has 1 aliphatic heterocycles. The van der Waals surface area contributed by atoms with Crippen LogP contribution in [0.15, 0.2) is 12.1 Å². The predicted octanol–water partition coefficient (Wildman–Crippen LogP) is 4.34. The van der Waals surface area contributed by atoms with E-state index in [2.05, 4.69) is 13.8 Å². The number of hydrogen-bond donors (Lipinski definition) is 0. The summed E-state index contributed by atoms with van der Waals surface area (Å²) in [7, 11) is 0. The zero-order chi connectivity index (χ0) is 11.1. The lowest BCUT2D eigenvalue weighted by atomic mass is 9.88. The molecule has 0 atom stereocenters. The summed E-state index contributed by atoms with van der Waals surface area (Å²) in [5.74, 6) is 0.884. The van der Waals surface area contributed by atoms with Crippen molar-refractivity contribution in [3.63, 3.8) is 0 Å². The Balaban J connectivity index is 2.36. The summed E-state index contributed by atoms with van der Waals surface area (Å²) in [6, 6.07) is 3.74. The van der Waals surface area contributed by atoms with Gasteiger partial charge in [0.2, 0.25) is 0 Å². The molecule has 0 saturated heterocycles. The number of halogens is 2. The van der Waals surface area contributed by atoms with Crippen molar-refractivity contribution in [2.75, 3.05) is 6.61 Å². The lowest BCUT2D eigenvalue weighted by Gasteiger charge is -2.20. The van der Waals surface area contributed by atoms with Crippen LogP contribution in [0.5, 0.6) is 5.75 Å². The summed E-state index contributed by atoms with van der Waals surface area (Å²) >= 11 is 11.9. The fraction of sp³-hybridized carbons (Fsp3) is 0.500. The minimum absolute atomic E-state index is 0.220. The molecule has 1 aromatic carbocycles. The molecule has 1 aliphatic rings. The van der Waals surface area contributed by atoms with E-state index in [9.17, 15) is 0 Å². The molecule has 0 spiro atoms. The van der Waals surface area contributed by atoms with Crippen LogP contribution in [0.4, 0.5) is 0 Å². The summed E-state index contributed by atoms with van der Waals surface area (Å²) in [5, 5.41) is 1.17. The zero-order valence-electron chi connectivity index (χ0n) is 8.94. The highest BCUT2D eigenvalue weighted by molar-refractivity contribution is 6.42. The van der Waals surface area contributed by atoms with Crippen LogP contribution in [-0.2, 0) is 6.42 Å². The topological polar surface area (TPSA) is 9.23 Å². The molecule has 15 heavy (non-hydrogen) atoms. The maximum absolute atomic E-state index is 5.98. The number of aryl methyl sites for hydroxylation is 1. The average molecular weight is 245 g/mol. The van der Waals surface area contributed by atoms with Crippen LogP contribution < -0.4 is 4.74 Å². The highest BCUT2D eigenvalue weighted by Crippen LogP contribution is 2.36. The van der Waals surface area contributed by atoms with Gasteiger partial charge in [0.25, 0.3) is 0 Å².